The molecule has 0 aliphatic carbocycles. The van der Waals surface area contributed by atoms with E-state index in [1.54, 1.807) is 25.3 Å². The SMILES string of the molecule is CCC[C@H](N)C(=O)Nc1ccc(OC)c(Br)c1. The number of hydrogen-bond acceptors (Lipinski definition) is 3. The van der Waals surface area contributed by atoms with E-state index in [2.05, 4.69) is 21.2 Å². The summed E-state index contributed by atoms with van der Waals surface area (Å²) in [5, 5.41) is 2.77. The van der Waals surface area contributed by atoms with Gasteiger partial charge >= 0.3 is 0 Å². The van der Waals surface area contributed by atoms with Gasteiger partial charge in [-0.2, -0.15) is 0 Å². The Balaban J connectivity index is 2.69. The van der Waals surface area contributed by atoms with E-state index in [4.69, 9.17) is 10.5 Å². The topological polar surface area (TPSA) is 64.4 Å². The molecule has 0 saturated heterocycles. The lowest BCUT2D eigenvalue weighted by atomic mass is 10.1. The highest BCUT2D eigenvalue weighted by molar-refractivity contribution is 9.10. The molecule has 1 aromatic carbocycles. The van der Waals surface area contributed by atoms with Crippen molar-refractivity contribution in [2.24, 2.45) is 5.73 Å². The van der Waals surface area contributed by atoms with Crippen molar-refractivity contribution in [2.75, 3.05) is 12.4 Å². The van der Waals surface area contributed by atoms with Gasteiger partial charge in [0.15, 0.2) is 0 Å². The highest BCUT2D eigenvalue weighted by Gasteiger charge is 2.12. The Morgan fingerprint density at radius 2 is 2.29 bits per heavy atom. The Bertz CT molecular complexity index is 396. The Morgan fingerprint density at radius 3 is 2.82 bits per heavy atom. The Labute approximate surface area is 110 Å². The van der Waals surface area contributed by atoms with Crippen LogP contribution in [-0.4, -0.2) is 19.1 Å². The van der Waals surface area contributed by atoms with Crippen molar-refractivity contribution >= 4 is 27.5 Å². The number of methoxy groups -OCH3 is 1. The first-order valence-corrected chi connectivity index (χ1v) is 6.27. The van der Waals surface area contributed by atoms with Gasteiger partial charge in [0.05, 0.1) is 17.6 Å². The van der Waals surface area contributed by atoms with E-state index in [-0.39, 0.29) is 5.91 Å². The van der Waals surface area contributed by atoms with Gasteiger partial charge in [-0.15, -0.1) is 0 Å². The fraction of sp³-hybridized carbons (Fsp3) is 0.417. The zero-order chi connectivity index (χ0) is 12.8. The van der Waals surface area contributed by atoms with Gasteiger partial charge in [0.2, 0.25) is 5.91 Å². The molecule has 0 heterocycles. The van der Waals surface area contributed by atoms with Crippen LogP contribution in [0.1, 0.15) is 19.8 Å². The third kappa shape index (κ3) is 4.02. The van der Waals surface area contributed by atoms with Crippen LogP contribution in [0.3, 0.4) is 0 Å². The standard InChI is InChI=1S/C12H17BrN2O2/c1-3-4-10(14)12(16)15-8-5-6-11(17-2)9(13)7-8/h5-7,10H,3-4,14H2,1-2H3,(H,15,16)/t10-/m0/s1. The maximum atomic E-state index is 11.7. The number of carbonyl (C=O) groups is 1. The zero-order valence-electron chi connectivity index (χ0n) is 10.00. The van der Waals surface area contributed by atoms with Crippen LogP contribution in [0.4, 0.5) is 5.69 Å². The summed E-state index contributed by atoms with van der Waals surface area (Å²) >= 11 is 3.36. The molecule has 0 aliphatic heterocycles. The number of nitrogens with two attached hydrogens (primary N) is 1. The monoisotopic (exact) mass is 300 g/mol. The van der Waals surface area contributed by atoms with Crippen molar-refractivity contribution in [3.8, 4) is 5.75 Å². The minimum atomic E-state index is -0.458. The summed E-state index contributed by atoms with van der Waals surface area (Å²) in [5.74, 6) is 0.560. The summed E-state index contributed by atoms with van der Waals surface area (Å²) in [7, 11) is 1.59. The number of benzene rings is 1. The van der Waals surface area contributed by atoms with Gasteiger partial charge in [-0.1, -0.05) is 13.3 Å². The third-order valence-corrected chi connectivity index (χ3v) is 2.98. The minimum Gasteiger partial charge on any atom is -0.496 e. The Hall–Kier alpha value is -1.07. The van der Waals surface area contributed by atoms with Crippen LogP contribution >= 0.6 is 15.9 Å². The van der Waals surface area contributed by atoms with Crippen molar-refractivity contribution in [1.29, 1.82) is 0 Å². The van der Waals surface area contributed by atoms with Crippen LogP contribution in [-0.2, 0) is 4.79 Å². The minimum absolute atomic E-state index is 0.163. The number of carbonyl (C=O) groups excluding carboxylic acids is 1. The van der Waals surface area contributed by atoms with Crippen LogP contribution in [0.15, 0.2) is 22.7 Å². The fourth-order valence-corrected chi connectivity index (χ4v) is 1.96. The first-order valence-electron chi connectivity index (χ1n) is 5.48. The summed E-state index contributed by atoms with van der Waals surface area (Å²) in [6, 6.07) is 4.89. The quantitative estimate of drug-likeness (QED) is 0.878. The summed E-state index contributed by atoms with van der Waals surface area (Å²) in [4.78, 5) is 11.7. The second kappa shape index (κ2) is 6.61. The third-order valence-electron chi connectivity index (χ3n) is 2.36. The maximum absolute atomic E-state index is 11.7. The van der Waals surface area contributed by atoms with E-state index >= 15 is 0 Å². The van der Waals surface area contributed by atoms with Gasteiger partial charge in [0.1, 0.15) is 5.75 Å². The molecule has 4 nitrogen and oxygen atoms in total. The van der Waals surface area contributed by atoms with Crippen molar-refractivity contribution in [2.45, 2.75) is 25.8 Å². The Morgan fingerprint density at radius 1 is 1.59 bits per heavy atom. The van der Waals surface area contributed by atoms with Crippen molar-refractivity contribution in [3.05, 3.63) is 22.7 Å². The van der Waals surface area contributed by atoms with Gasteiger partial charge < -0.3 is 15.8 Å². The molecule has 94 valence electrons. The molecule has 1 atom stereocenters. The lowest BCUT2D eigenvalue weighted by molar-refractivity contribution is -0.117. The molecule has 0 aromatic heterocycles. The molecule has 5 heteroatoms. The summed E-state index contributed by atoms with van der Waals surface area (Å²) in [6.45, 7) is 2.00. The van der Waals surface area contributed by atoms with E-state index in [9.17, 15) is 4.79 Å². The fourth-order valence-electron chi connectivity index (χ4n) is 1.42. The molecule has 0 saturated carbocycles. The maximum Gasteiger partial charge on any atom is 0.241 e. The second-order valence-electron chi connectivity index (χ2n) is 3.73. The molecule has 17 heavy (non-hydrogen) atoms. The second-order valence-corrected chi connectivity index (χ2v) is 4.59. The Kier molecular flexibility index (Phi) is 5.44. The molecule has 1 rings (SSSR count). The smallest absolute Gasteiger partial charge is 0.241 e. The lowest BCUT2D eigenvalue weighted by Gasteiger charge is -2.12. The van der Waals surface area contributed by atoms with Gasteiger partial charge in [0.25, 0.3) is 0 Å². The first-order chi connectivity index (χ1) is 8.08. The van der Waals surface area contributed by atoms with E-state index in [1.807, 2.05) is 6.92 Å². The zero-order valence-corrected chi connectivity index (χ0v) is 11.6. The molecule has 1 aromatic rings. The molecular formula is C12H17BrN2O2. The number of nitrogens with one attached hydrogen (secondary N) is 1. The number of halogens is 1. The number of ether oxygens (including phenoxy) is 1. The number of rotatable bonds is 5. The van der Waals surface area contributed by atoms with Gasteiger partial charge in [-0.25, -0.2) is 0 Å². The van der Waals surface area contributed by atoms with Crippen LogP contribution in [0, 0.1) is 0 Å². The van der Waals surface area contributed by atoms with Crippen LogP contribution in [0.25, 0.3) is 0 Å². The van der Waals surface area contributed by atoms with Crippen LogP contribution in [0.2, 0.25) is 0 Å². The number of hydrogen-bond donors (Lipinski definition) is 2. The van der Waals surface area contributed by atoms with E-state index in [1.165, 1.54) is 0 Å². The average Bonchev–Trinajstić information content (AvgIpc) is 2.29. The molecule has 0 radical (unpaired) electrons. The summed E-state index contributed by atoms with van der Waals surface area (Å²) in [6.07, 6.45) is 1.57. The normalized spacial score (nSPS) is 12.0. The molecule has 0 bridgehead atoms. The lowest BCUT2D eigenvalue weighted by Crippen LogP contribution is -2.35. The van der Waals surface area contributed by atoms with E-state index in [0.29, 0.717) is 12.1 Å². The van der Waals surface area contributed by atoms with E-state index in [0.717, 1.165) is 16.6 Å². The van der Waals surface area contributed by atoms with Gasteiger partial charge in [0, 0.05) is 5.69 Å². The molecule has 0 unspecified atom stereocenters. The number of amides is 1. The molecule has 0 spiro atoms. The molecule has 3 N–H and O–H groups in total. The molecule has 0 aliphatic rings. The van der Waals surface area contributed by atoms with E-state index < -0.39 is 6.04 Å². The van der Waals surface area contributed by atoms with Crippen LogP contribution < -0.4 is 15.8 Å². The molecule has 1 amide bonds. The van der Waals surface area contributed by atoms with Crippen molar-refractivity contribution < 1.29 is 9.53 Å². The predicted molar refractivity (Wildman–Crippen MR) is 72.2 cm³/mol. The van der Waals surface area contributed by atoms with Gasteiger partial charge in [-0.3, -0.25) is 4.79 Å². The predicted octanol–water partition coefficient (Wildman–Crippen LogP) is 2.52. The summed E-state index contributed by atoms with van der Waals surface area (Å²) < 4.78 is 5.90. The average molecular weight is 301 g/mol. The first kappa shape index (κ1) is 14.0. The largest absolute Gasteiger partial charge is 0.496 e. The molecular weight excluding hydrogens is 284 g/mol. The van der Waals surface area contributed by atoms with Crippen molar-refractivity contribution in [1.82, 2.24) is 0 Å². The summed E-state index contributed by atoms with van der Waals surface area (Å²) in [5.41, 5.74) is 6.42. The highest BCUT2D eigenvalue weighted by atomic mass is 79.9. The highest BCUT2D eigenvalue weighted by Crippen LogP contribution is 2.27. The van der Waals surface area contributed by atoms with Gasteiger partial charge in [-0.05, 0) is 40.5 Å². The molecule has 0 fully saturated rings. The van der Waals surface area contributed by atoms with Crippen LogP contribution in [0.5, 0.6) is 5.75 Å². The number of anilines is 1. The van der Waals surface area contributed by atoms with Crippen molar-refractivity contribution in [3.63, 3.8) is 0 Å².